The molecule has 3 rings (SSSR count). The van der Waals surface area contributed by atoms with Gasteiger partial charge in [-0.05, 0) is 35.7 Å². The van der Waals surface area contributed by atoms with E-state index in [1.165, 1.54) is 0 Å². The van der Waals surface area contributed by atoms with Crippen molar-refractivity contribution in [3.05, 3.63) is 106 Å². The van der Waals surface area contributed by atoms with Gasteiger partial charge in [0.25, 0.3) is 5.91 Å². The Labute approximate surface area is 173 Å². The largest absolute Gasteiger partial charge is 0.372 e. The second-order valence-corrected chi connectivity index (χ2v) is 7.02. The van der Waals surface area contributed by atoms with E-state index in [-0.39, 0.29) is 0 Å². The standard InChI is InChI=1S/C22H18Cl2N2O2/c1-15(16-12-13-19(23)20(24)14-16)25-26-21(27)22(28,17-8-4-2-5-9-17)18-10-6-3-7-11-18/h2-14,28H,1H3,(H,26,27)/b25-15-. The van der Waals surface area contributed by atoms with E-state index in [4.69, 9.17) is 23.2 Å². The molecule has 0 unspecified atom stereocenters. The monoisotopic (exact) mass is 412 g/mol. The molecule has 0 aliphatic carbocycles. The van der Waals surface area contributed by atoms with Gasteiger partial charge in [-0.1, -0.05) is 89.9 Å². The SMILES string of the molecule is C/C(=N/NC(=O)C(O)(c1ccccc1)c1ccccc1)c1ccc(Cl)c(Cl)c1. The van der Waals surface area contributed by atoms with Gasteiger partial charge in [0.1, 0.15) is 0 Å². The molecule has 0 radical (unpaired) electrons. The van der Waals surface area contributed by atoms with Gasteiger partial charge in [-0.15, -0.1) is 0 Å². The Bertz CT molecular complexity index is 966. The number of rotatable bonds is 5. The Morgan fingerprint density at radius 2 is 1.43 bits per heavy atom. The first-order chi connectivity index (χ1) is 13.4. The van der Waals surface area contributed by atoms with E-state index in [9.17, 15) is 9.90 Å². The summed E-state index contributed by atoms with van der Waals surface area (Å²) < 4.78 is 0. The van der Waals surface area contributed by atoms with Crippen molar-refractivity contribution >= 4 is 34.8 Å². The predicted octanol–water partition coefficient (Wildman–Crippen LogP) is 4.77. The molecule has 0 bridgehead atoms. The van der Waals surface area contributed by atoms with Gasteiger partial charge in [0.2, 0.25) is 0 Å². The van der Waals surface area contributed by atoms with Gasteiger partial charge in [0.05, 0.1) is 15.8 Å². The quantitative estimate of drug-likeness (QED) is 0.468. The topological polar surface area (TPSA) is 61.7 Å². The van der Waals surface area contributed by atoms with E-state index < -0.39 is 11.5 Å². The van der Waals surface area contributed by atoms with Crippen molar-refractivity contribution in [3.63, 3.8) is 0 Å². The second-order valence-electron chi connectivity index (χ2n) is 6.21. The van der Waals surface area contributed by atoms with Crippen LogP contribution in [0.3, 0.4) is 0 Å². The summed E-state index contributed by atoms with van der Waals surface area (Å²) in [7, 11) is 0. The van der Waals surface area contributed by atoms with Crippen molar-refractivity contribution in [2.24, 2.45) is 5.10 Å². The summed E-state index contributed by atoms with van der Waals surface area (Å²) in [6, 6.07) is 22.6. The van der Waals surface area contributed by atoms with Gasteiger partial charge < -0.3 is 5.11 Å². The van der Waals surface area contributed by atoms with Crippen LogP contribution in [0, 0.1) is 0 Å². The third-order valence-corrected chi connectivity index (χ3v) is 5.11. The Hall–Kier alpha value is -2.66. The van der Waals surface area contributed by atoms with Crippen molar-refractivity contribution in [2.45, 2.75) is 12.5 Å². The third kappa shape index (κ3) is 4.09. The van der Waals surface area contributed by atoms with Crippen LogP contribution in [0.5, 0.6) is 0 Å². The lowest BCUT2D eigenvalue weighted by Crippen LogP contribution is -2.43. The minimum atomic E-state index is -1.88. The molecule has 2 N–H and O–H groups in total. The van der Waals surface area contributed by atoms with Crippen molar-refractivity contribution < 1.29 is 9.90 Å². The Morgan fingerprint density at radius 1 is 0.893 bits per heavy atom. The fourth-order valence-corrected chi connectivity index (χ4v) is 3.09. The van der Waals surface area contributed by atoms with E-state index in [1.54, 1.807) is 73.7 Å². The molecule has 0 spiro atoms. The number of amides is 1. The number of carbonyl (C=O) groups is 1. The van der Waals surface area contributed by atoms with E-state index >= 15 is 0 Å². The zero-order valence-corrected chi connectivity index (χ0v) is 16.6. The summed E-state index contributed by atoms with van der Waals surface area (Å²) in [5, 5.41) is 16.3. The molecule has 0 aliphatic heterocycles. The smallest absolute Gasteiger partial charge is 0.281 e. The fraction of sp³-hybridized carbons (Fsp3) is 0.0909. The lowest BCUT2D eigenvalue weighted by Gasteiger charge is -2.27. The number of hydrogen-bond donors (Lipinski definition) is 2. The van der Waals surface area contributed by atoms with Crippen LogP contribution in [-0.2, 0) is 10.4 Å². The van der Waals surface area contributed by atoms with Crippen LogP contribution in [0.4, 0.5) is 0 Å². The molecule has 3 aromatic rings. The van der Waals surface area contributed by atoms with Crippen molar-refractivity contribution in [2.75, 3.05) is 0 Å². The molecule has 4 nitrogen and oxygen atoms in total. The zero-order valence-electron chi connectivity index (χ0n) is 15.1. The number of hydrazone groups is 1. The Morgan fingerprint density at radius 3 is 1.93 bits per heavy atom. The molecule has 28 heavy (non-hydrogen) atoms. The van der Waals surface area contributed by atoms with Gasteiger partial charge in [0, 0.05) is 0 Å². The summed E-state index contributed by atoms with van der Waals surface area (Å²) in [6.07, 6.45) is 0. The average molecular weight is 413 g/mol. The maximum Gasteiger partial charge on any atom is 0.281 e. The van der Waals surface area contributed by atoms with Crippen LogP contribution in [0.25, 0.3) is 0 Å². The van der Waals surface area contributed by atoms with E-state index in [0.29, 0.717) is 32.4 Å². The van der Waals surface area contributed by atoms with Crippen molar-refractivity contribution in [1.29, 1.82) is 0 Å². The molecule has 6 heteroatoms. The normalized spacial score (nSPS) is 11.9. The molecule has 142 valence electrons. The molecule has 3 aromatic carbocycles. The van der Waals surface area contributed by atoms with Crippen LogP contribution >= 0.6 is 23.2 Å². The number of aliphatic hydroxyl groups is 1. The summed E-state index contributed by atoms with van der Waals surface area (Å²) in [5.74, 6) is -0.663. The molecule has 0 fully saturated rings. The highest BCUT2D eigenvalue weighted by Gasteiger charge is 2.39. The van der Waals surface area contributed by atoms with Crippen LogP contribution in [-0.4, -0.2) is 16.7 Å². The molecule has 0 heterocycles. The third-order valence-electron chi connectivity index (χ3n) is 4.37. The molecular weight excluding hydrogens is 395 g/mol. The first-order valence-corrected chi connectivity index (χ1v) is 9.32. The number of carbonyl (C=O) groups excluding carboxylic acids is 1. The maximum absolute atomic E-state index is 13.0. The van der Waals surface area contributed by atoms with Crippen LogP contribution in [0.15, 0.2) is 84.0 Å². The Kier molecular flexibility index (Phi) is 6.15. The molecule has 0 aliphatic rings. The zero-order chi connectivity index (χ0) is 20.1. The minimum Gasteiger partial charge on any atom is -0.372 e. The van der Waals surface area contributed by atoms with Crippen LogP contribution in [0.2, 0.25) is 10.0 Å². The van der Waals surface area contributed by atoms with E-state index in [2.05, 4.69) is 10.5 Å². The Balaban J connectivity index is 1.93. The number of nitrogens with one attached hydrogen (secondary N) is 1. The van der Waals surface area contributed by atoms with Gasteiger partial charge in [0.15, 0.2) is 5.60 Å². The number of benzene rings is 3. The molecule has 0 atom stereocenters. The van der Waals surface area contributed by atoms with Crippen molar-refractivity contribution in [3.8, 4) is 0 Å². The minimum absolute atomic E-state index is 0.394. The molecule has 0 saturated heterocycles. The summed E-state index contributed by atoms with van der Waals surface area (Å²) >= 11 is 12.0. The lowest BCUT2D eigenvalue weighted by molar-refractivity contribution is -0.136. The average Bonchev–Trinajstić information content (AvgIpc) is 2.74. The lowest BCUT2D eigenvalue weighted by atomic mass is 9.85. The van der Waals surface area contributed by atoms with Gasteiger partial charge in [-0.2, -0.15) is 5.10 Å². The summed E-state index contributed by atoms with van der Waals surface area (Å²) in [6.45, 7) is 1.73. The number of halogens is 2. The van der Waals surface area contributed by atoms with Gasteiger partial charge >= 0.3 is 0 Å². The number of nitrogens with zero attached hydrogens (tertiary/aromatic N) is 1. The van der Waals surface area contributed by atoms with E-state index in [1.807, 2.05) is 12.1 Å². The predicted molar refractivity (Wildman–Crippen MR) is 113 cm³/mol. The summed E-state index contributed by atoms with van der Waals surface area (Å²) in [4.78, 5) is 13.0. The van der Waals surface area contributed by atoms with Crippen LogP contribution in [0.1, 0.15) is 23.6 Å². The maximum atomic E-state index is 13.0. The first kappa shape index (κ1) is 20.1. The highest BCUT2D eigenvalue weighted by atomic mass is 35.5. The fourth-order valence-electron chi connectivity index (χ4n) is 2.79. The molecular formula is C22H18Cl2N2O2. The second kappa shape index (κ2) is 8.57. The molecule has 0 saturated carbocycles. The van der Waals surface area contributed by atoms with E-state index in [0.717, 1.165) is 0 Å². The number of hydrogen-bond acceptors (Lipinski definition) is 3. The van der Waals surface area contributed by atoms with Crippen LogP contribution < -0.4 is 5.43 Å². The van der Waals surface area contributed by atoms with Gasteiger partial charge in [-0.3, -0.25) is 4.79 Å². The first-order valence-electron chi connectivity index (χ1n) is 8.56. The summed E-state index contributed by atoms with van der Waals surface area (Å²) in [5.41, 5.74) is 2.71. The molecule has 1 amide bonds. The van der Waals surface area contributed by atoms with Gasteiger partial charge in [-0.25, -0.2) is 5.43 Å². The highest BCUT2D eigenvalue weighted by Crippen LogP contribution is 2.30. The highest BCUT2D eigenvalue weighted by molar-refractivity contribution is 6.42. The van der Waals surface area contributed by atoms with Crippen molar-refractivity contribution in [1.82, 2.24) is 5.43 Å². The molecule has 0 aromatic heterocycles.